The number of para-hydroxylation sites is 1. The lowest BCUT2D eigenvalue weighted by molar-refractivity contribution is 0.248. The van der Waals surface area contributed by atoms with Gasteiger partial charge in [0.1, 0.15) is 0 Å². The second kappa shape index (κ2) is 8.33. The summed E-state index contributed by atoms with van der Waals surface area (Å²) < 4.78 is 0. The summed E-state index contributed by atoms with van der Waals surface area (Å²) in [6, 6.07) is 15.6. The van der Waals surface area contributed by atoms with Gasteiger partial charge in [-0.05, 0) is 55.4 Å². The van der Waals surface area contributed by atoms with Gasteiger partial charge in [-0.1, -0.05) is 30.3 Å². The van der Waals surface area contributed by atoms with E-state index in [9.17, 15) is 9.90 Å². The van der Waals surface area contributed by atoms with Gasteiger partial charge < -0.3 is 20.3 Å². The standard InChI is InChI=1S/C21H23N3O2S/c1-14-8-9-15(2)19-18(14)12-16(20(26)23-19)13-24(10-11-25)21(27)22-17-6-4-3-5-7-17/h3-9,12,25H,10-11,13H2,1-2H3,(H,22,27)(H,23,26). The molecule has 0 aliphatic rings. The van der Waals surface area contributed by atoms with Gasteiger partial charge in [-0.2, -0.15) is 0 Å². The number of fused-ring (bicyclic) bond motifs is 1. The van der Waals surface area contributed by atoms with Gasteiger partial charge in [-0.25, -0.2) is 0 Å². The molecule has 0 fully saturated rings. The smallest absolute Gasteiger partial charge is 0.253 e. The lowest BCUT2D eigenvalue weighted by Gasteiger charge is -2.25. The van der Waals surface area contributed by atoms with Crippen molar-refractivity contribution in [1.82, 2.24) is 9.88 Å². The summed E-state index contributed by atoms with van der Waals surface area (Å²) >= 11 is 5.50. The predicted octanol–water partition coefficient (Wildman–Crippen LogP) is 3.34. The molecule has 0 unspecified atom stereocenters. The average molecular weight is 382 g/mol. The van der Waals surface area contributed by atoms with Gasteiger partial charge in [0.05, 0.1) is 18.7 Å². The van der Waals surface area contributed by atoms with Crippen LogP contribution < -0.4 is 10.9 Å². The van der Waals surface area contributed by atoms with Crippen LogP contribution in [0, 0.1) is 13.8 Å². The molecule has 6 heteroatoms. The van der Waals surface area contributed by atoms with Crippen LogP contribution in [-0.2, 0) is 6.54 Å². The molecule has 3 rings (SSSR count). The molecule has 0 amide bonds. The molecule has 0 atom stereocenters. The Labute approximate surface area is 163 Å². The van der Waals surface area contributed by atoms with E-state index in [0.29, 0.717) is 23.8 Å². The Morgan fingerprint density at radius 1 is 1.15 bits per heavy atom. The van der Waals surface area contributed by atoms with E-state index < -0.39 is 0 Å². The van der Waals surface area contributed by atoms with Gasteiger partial charge in [0.25, 0.3) is 5.56 Å². The molecule has 0 radical (unpaired) electrons. The van der Waals surface area contributed by atoms with Crippen molar-refractivity contribution in [3.8, 4) is 0 Å². The highest BCUT2D eigenvalue weighted by molar-refractivity contribution is 7.80. The monoisotopic (exact) mass is 381 g/mol. The Morgan fingerprint density at radius 2 is 1.85 bits per heavy atom. The molecule has 1 aromatic heterocycles. The molecule has 0 saturated carbocycles. The Balaban J connectivity index is 1.90. The van der Waals surface area contributed by atoms with Gasteiger partial charge in [-0.3, -0.25) is 4.79 Å². The second-order valence-electron chi connectivity index (χ2n) is 6.55. The largest absolute Gasteiger partial charge is 0.395 e. The number of aryl methyl sites for hydroxylation is 2. The zero-order chi connectivity index (χ0) is 19.4. The molecular formula is C21H23N3O2S. The van der Waals surface area contributed by atoms with Gasteiger partial charge in [-0.15, -0.1) is 0 Å². The van der Waals surface area contributed by atoms with Crippen molar-refractivity contribution < 1.29 is 5.11 Å². The van der Waals surface area contributed by atoms with E-state index in [1.54, 1.807) is 4.90 Å². The number of nitrogens with zero attached hydrogens (tertiary/aromatic N) is 1. The molecule has 5 nitrogen and oxygen atoms in total. The molecule has 27 heavy (non-hydrogen) atoms. The van der Waals surface area contributed by atoms with Crippen molar-refractivity contribution in [2.75, 3.05) is 18.5 Å². The molecule has 0 aliphatic heterocycles. The van der Waals surface area contributed by atoms with Gasteiger partial charge in [0.15, 0.2) is 5.11 Å². The number of benzene rings is 2. The number of hydrogen-bond donors (Lipinski definition) is 3. The number of thiocarbonyl (C=S) groups is 1. The number of rotatable bonds is 5. The summed E-state index contributed by atoms with van der Waals surface area (Å²) in [5.41, 5.74) is 4.34. The van der Waals surface area contributed by atoms with E-state index in [0.717, 1.165) is 27.7 Å². The fourth-order valence-electron chi connectivity index (χ4n) is 3.04. The first-order valence-corrected chi connectivity index (χ1v) is 9.24. The van der Waals surface area contributed by atoms with E-state index in [2.05, 4.69) is 10.3 Å². The maximum absolute atomic E-state index is 12.6. The Kier molecular flexibility index (Phi) is 5.88. The van der Waals surface area contributed by atoms with Crippen LogP contribution in [0.15, 0.2) is 53.3 Å². The minimum absolute atomic E-state index is 0.0553. The summed E-state index contributed by atoms with van der Waals surface area (Å²) in [5, 5.41) is 14.1. The highest BCUT2D eigenvalue weighted by Crippen LogP contribution is 2.20. The topological polar surface area (TPSA) is 68.4 Å². The molecule has 3 aromatic rings. The number of H-pyrrole nitrogens is 1. The van der Waals surface area contributed by atoms with E-state index in [1.807, 2.05) is 62.4 Å². The summed E-state index contributed by atoms with van der Waals surface area (Å²) in [5.74, 6) is 0. The lowest BCUT2D eigenvalue weighted by atomic mass is 10.0. The number of aromatic nitrogens is 1. The maximum Gasteiger partial charge on any atom is 0.253 e. The van der Waals surface area contributed by atoms with Crippen LogP contribution in [0.3, 0.4) is 0 Å². The van der Waals surface area contributed by atoms with Crippen LogP contribution >= 0.6 is 12.2 Å². The Hall–Kier alpha value is -2.70. The molecule has 3 N–H and O–H groups in total. The molecule has 0 bridgehead atoms. The van der Waals surface area contributed by atoms with Crippen molar-refractivity contribution in [1.29, 1.82) is 0 Å². The van der Waals surface area contributed by atoms with Crippen molar-refractivity contribution in [3.63, 3.8) is 0 Å². The van der Waals surface area contributed by atoms with Crippen LogP contribution in [0.4, 0.5) is 5.69 Å². The summed E-state index contributed by atoms with van der Waals surface area (Å²) in [4.78, 5) is 17.4. The molecule has 1 heterocycles. The average Bonchev–Trinajstić information content (AvgIpc) is 2.66. The highest BCUT2D eigenvalue weighted by atomic mass is 32.1. The third-order valence-corrected chi connectivity index (χ3v) is 4.92. The third-order valence-electron chi connectivity index (χ3n) is 4.56. The van der Waals surface area contributed by atoms with E-state index in [1.165, 1.54) is 0 Å². The van der Waals surface area contributed by atoms with Crippen molar-refractivity contribution >= 4 is 33.9 Å². The first-order valence-electron chi connectivity index (χ1n) is 8.83. The normalized spacial score (nSPS) is 10.8. The number of anilines is 1. The van der Waals surface area contributed by atoms with Crippen LogP contribution in [0.2, 0.25) is 0 Å². The molecule has 2 aromatic carbocycles. The van der Waals surface area contributed by atoms with Crippen molar-refractivity contribution in [2.45, 2.75) is 20.4 Å². The number of hydrogen-bond acceptors (Lipinski definition) is 3. The third kappa shape index (κ3) is 4.35. The minimum atomic E-state index is -0.137. The van der Waals surface area contributed by atoms with Crippen LogP contribution in [0.5, 0.6) is 0 Å². The number of pyridine rings is 1. The summed E-state index contributed by atoms with van der Waals surface area (Å²) in [6.07, 6.45) is 0. The molecule has 0 saturated heterocycles. The quantitative estimate of drug-likeness (QED) is 0.592. The zero-order valence-corrected chi connectivity index (χ0v) is 16.3. The van der Waals surface area contributed by atoms with E-state index in [-0.39, 0.29) is 12.2 Å². The molecule has 140 valence electrons. The number of aromatic amines is 1. The first-order chi connectivity index (χ1) is 13.0. The maximum atomic E-state index is 12.6. The fraction of sp³-hybridized carbons (Fsp3) is 0.238. The van der Waals surface area contributed by atoms with Crippen LogP contribution in [0.1, 0.15) is 16.7 Å². The fourth-order valence-corrected chi connectivity index (χ4v) is 3.31. The second-order valence-corrected chi connectivity index (χ2v) is 6.94. The Bertz CT molecular complexity index is 1020. The molecule has 0 aliphatic carbocycles. The lowest BCUT2D eigenvalue weighted by Crippen LogP contribution is -2.37. The van der Waals surface area contributed by atoms with Crippen molar-refractivity contribution in [3.05, 3.63) is 75.6 Å². The van der Waals surface area contributed by atoms with Gasteiger partial charge >= 0.3 is 0 Å². The zero-order valence-electron chi connectivity index (χ0n) is 15.5. The molecular weight excluding hydrogens is 358 g/mol. The van der Waals surface area contributed by atoms with Crippen LogP contribution in [-0.4, -0.2) is 33.3 Å². The predicted molar refractivity (Wildman–Crippen MR) is 114 cm³/mol. The summed E-state index contributed by atoms with van der Waals surface area (Å²) in [7, 11) is 0. The number of aliphatic hydroxyl groups is 1. The van der Waals surface area contributed by atoms with Gasteiger partial charge in [0, 0.05) is 23.2 Å². The number of nitrogens with one attached hydrogen (secondary N) is 2. The van der Waals surface area contributed by atoms with Crippen molar-refractivity contribution in [2.24, 2.45) is 0 Å². The molecule has 0 spiro atoms. The highest BCUT2D eigenvalue weighted by Gasteiger charge is 2.14. The number of aliphatic hydroxyl groups excluding tert-OH is 1. The Morgan fingerprint density at radius 3 is 2.56 bits per heavy atom. The van der Waals surface area contributed by atoms with E-state index in [4.69, 9.17) is 12.2 Å². The van der Waals surface area contributed by atoms with Crippen LogP contribution in [0.25, 0.3) is 10.9 Å². The SMILES string of the molecule is Cc1ccc(C)c2[nH]c(=O)c(CN(CCO)C(=S)Nc3ccccc3)cc12. The minimum Gasteiger partial charge on any atom is -0.395 e. The first kappa shape index (κ1) is 19.1. The summed E-state index contributed by atoms with van der Waals surface area (Å²) in [6.45, 7) is 4.60. The van der Waals surface area contributed by atoms with E-state index >= 15 is 0 Å². The van der Waals surface area contributed by atoms with Gasteiger partial charge in [0.2, 0.25) is 0 Å².